The standard InChI is InChI=1S/C16H17N3/c1-4-7-15(17-5-2)16-18-13-9-6-8-12(3)10-11-14(13)19-16/h4-7,9,11H,1,10H2,2-3H3,(H,18,19). The molecule has 3 heteroatoms. The fourth-order valence-corrected chi connectivity index (χ4v) is 1.81. The van der Waals surface area contributed by atoms with Crippen molar-refractivity contribution in [1.82, 2.24) is 9.97 Å². The molecular weight excluding hydrogens is 234 g/mol. The topological polar surface area (TPSA) is 41.0 Å². The highest BCUT2D eigenvalue weighted by Gasteiger charge is 2.04. The van der Waals surface area contributed by atoms with Gasteiger partial charge in [0.1, 0.15) is 5.70 Å². The Morgan fingerprint density at radius 1 is 1.58 bits per heavy atom. The number of aliphatic imine (C=N–C) groups is 1. The Morgan fingerprint density at radius 2 is 2.42 bits per heavy atom. The summed E-state index contributed by atoms with van der Waals surface area (Å²) in [6.07, 6.45) is 12.2. The van der Waals surface area contributed by atoms with Crippen molar-refractivity contribution < 1.29 is 0 Å². The van der Waals surface area contributed by atoms with Gasteiger partial charge < -0.3 is 4.98 Å². The van der Waals surface area contributed by atoms with Crippen molar-refractivity contribution in [2.24, 2.45) is 4.99 Å². The molecule has 0 fully saturated rings. The average molecular weight is 251 g/mol. The molecule has 19 heavy (non-hydrogen) atoms. The monoisotopic (exact) mass is 251 g/mol. The Kier molecular flexibility index (Phi) is 4.11. The zero-order valence-electron chi connectivity index (χ0n) is 11.3. The summed E-state index contributed by atoms with van der Waals surface area (Å²) in [6.45, 7) is 7.64. The van der Waals surface area contributed by atoms with Crippen LogP contribution in [0.15, 0.2) is 41.1 Å². The smallest absolute Gasteiger partial charge is 0.157 e. The molecule has 1 aromatic rings. The van der Waals surface area contributed by atoms with Crippen LogP contribution in [-0.4, -0.2) is 16.2 Å². The molecule has 1 aliphatic rings. The Morgan fingerprint density at radius 3 is 3.16 bits per heavy atom. The van der Waals surface area contributed by atoms with E-state index in [2.05, 4.69) is 40.3 Å². The molecule has 0 radical (unpaired) electrons. The first-order chi connectivity index (χ1) is 9.24. The van der Waals surface area contributed by atoms with Gasteiger partial charge in [-0.05, 0) is 44.1 Å². The third-order valence-electron chi connectivity index (χ3n) is 2.73. The molecular formula is C16H17N3. The number of H-pyrrole nitrogens is 1. The maximum absolute atomic E-state index is 4.59. The second-order valence-electron chi connectivity index (χ2n) is 4.23. The van der Waals surface area contributed by atoms with E-state index in [-0.39, 0.29) is 0 Å². The SMILES string of the molecule is C=CC=C(N=CC)c1nc2c([nH]1)=CC=C=C(C)CC=2. The zero-order chi connectivity index (χ0) is 13.7. The van der Waals surface area contributed by atoms with E-state index < -0.39 is 0 Å². The first kappa shape index (κ1) is 13.1. The van der Waals surface area contributed by atoms with Crippen molar-refractivity contribution >= 4 is 24.1 Å². The fraction of sp³-hybridized carbons (Fsp3) is 0.188. The van der Waals surface area contributed by atoms with Crippen molar-refractivity contribution in [1.29, 1.82) is 0 Å². The lowest BCUT2D eigenvalue weighted by molar-refractivity contribution is 1.19. The van der Waals surface area contributed by atoms with Gasteiger partial charge in [-0.25, -0.2) is 4.98 Å². The maximum Gasteiger partial charge on any atom is 0.157 e. The van der Waals surface area contributed by atoms with Gasteiger partial charge in [-0.15, -0.1) is 5.73 Å². The summed E-state index contributed by atoms with van der Waals surface area (Å²) in [4.78, 5) is 12.2. The molecule has 0 saturated carbocycles. The highest BCUT2D eigenvalue weighted by Crippen LogP contribution is 2.08. The molecule has 0 unspecified atom stereocenters. The molecule has 0 bridgehead atoms. The Hall–Kier alpha value is -2.38. The van der Waals surface area contributed by atoms with E-state index in [0.717, 1.165) is 28.6 Å². The molecule has 2 rings (SSSR count). The molecule has 0 aromatic carbocycles. The van der Waals surface area contributed by atoms with Crippen molar-refractivity contribution in [3.05, 3.63) is 52.6 Å². The van der Waals surface area contributed by atoms with Crippen molar-refractivity contribution in [3.8, 4) is 0 Å². The second kappa shape index (κ2) is 5.98. The molecule has 0 aliphatic heterocycles. The fourth-order valence-electron chi connectivity index (χ4n) is 1.81. The zero-order valence-corrected chi connectivity index (χ0v) is 11.3. The molecule has 1 aromatic heterocycles. The van der Waals surface area contributed by atoms with Crippen LogP contribution >= 0.6 is 0 Å². The molecule has 0 spiro atoms. The number of aromatic amines is 1. The molecule has 0 atom stereocenters. The van der Waals surface area contributed by atoms with Crippen LogP contribution < -0.4 is 10.7 Å². The van der Waals surface area contributed by atoms with E-state index in [1.807, 2.05) is 25.2 Å². The van der Waals surface area contributed by atoms with Gasteiger partial charge in [0.2, 0.25) is 0 Å². The Balaban J connectivity index is 2.56. The molecule has 1 N–H and O–H groups in total. The third-order valence-corrected chi connectivity index (χ3v) is 2.73. The summed E-state index contributed by atoms with van der Waals surface area (Å²) >= 11 is 0. The van der Waals surface area contributed by atoms with Gasteiger partial charge in [0.05, 0.1) is 10.7 Å². The van der Waals surface area contributed by atoms with E-state index in [9.17, 15) is 0 Å². The van der Waals surface area contributed by atoms with Crippen LogP contribution in [0.3, 0.4) is 0 Å². The lowest BCUT2D eigenvalue weighted by Gasteiger charge is -1.93. The van der Waals surface area contributed by atoms with Gasteiger partial charge >= 0.3 is 0 Å². The number of rotatable bonds is 3. The number of allylic oxidation sites excluding steroid dienone is 3. The van der Waals surface area contributed by atoms with E-state index in [4.69, 9.17) is 0 Å². The van der Waals surface area contributed by atoms with Gasteiger partial charge in [-0.2, -0.15) is 0 Å². The molecule has 1 aliphatic carbocycles. The van der Waals surface area contributed by atoms with E-state index in [1.54, 1.807) is 12.3 Å². The van der Waals surface area contributed by atoms with Crippen molar-refractivity contribution in [2.75, 3.05) is 0 Å². The second-order valence-corrected chi connectivity index (χ2v) is 4.23. The van der Waals surface area contributed by atoms with Gasteiger partial charge in [0.25, 0.3) is 0 Å². The summed E-state index contributed by atoms with van der Waals surface area (Å²) in [5.41, 5.74) is 5.18. The summed E-state index contributed by atoms with van der Waals surface area (Å²) in [6, 6.07) is 0. The molecule has 96 valence electrons. The minimum atomic E-state index is 0.753. The van der Waals surface area contributed by atoms with Crippen LogP contribution in [0, 0.1) is 0 Å². The first-order valence-corrected chi connectivity index (χ1v) is 6.25. The highest BCUT2D eigenvalue weighted by molar-refractivity contribution is 5.70. The van der Waals surface area contributed by atoms with Crippen molar-refractivity contribution in [2.45, 2.75) is 20.3 Å². The van der Waals surface area contributed by atoms with Crippen molar-refractivity contribution in [3.63, 3.8) is 0 Å². The summed E-state index contributed by atoms with van der Waals surface area (Å²) in [5, 5.41) is 1.93. The van der Waals surface area contributed by atoms with Crippen LogP contribution in [0.5, 0.6) is 0 Å². The normalized spacial score (nSPS) is 15.1. The van der Waals surface area contributed by atoms with E-state index >= 15 is 0 Å². The predicted octanol–water partition coefficient (Wildman–Crippen LogP) is 2.09. The minimum absolute atomic E-state index is 0.753. The maximum atomic E-state index is 4.59. The lowest BCUT2D eigenvalue weighted by atomic mass is 10.2. The van der Waals surface area contributed by atoms with Crippen LogP contribution in [0.2, 0.25) is 0 Å². The summed E-state index contributed by atoms with van der Waals surface area (Å²) < 4.78 is 0. The number of aromatic nitrogens is 2. The number of nitrogens with zero attached hydrogens (tertiary/aromatic N) is 2. The van der Waals surface area contributed by atoms with E-state index in [0.29, 0.717) is 0 Å². The van der Waals surface area contributed by atoms with Gasteiger partial charge in [0, 0.05) is 6.21 Å². The quantitative estimate of drug-likeness (QED) is 0.499. The van der Waals surface area contributed by atoms with Gasteiger partial charge in [0.15, 0.2) is 5.82 Å². The summed E-state index contributed by atoms with van der Waals surface area (Å²) in [5.74, 6) is 0.753. The van der Waals surface area contributed by atoms with Gasteiger partial charge in [-0.3, -0.25) is 4.99 Å². The number of fused-ring (bicyclic) bond motifs is 1. The lowest BCUT2D eigenvalue weighted by Crippen LogP contribution is -2.24. The Bertz CT molecular complexity index is 721. The number of nitrogens with one attached hydrogen (secondary N) is 1. The van der Waals surface area contributed by atoms with Crippen LogP contribution in [0.4, 0.5) is 0 Å². The molecule has 0 amide bonds. The third kappa shape index (κ3) is 3.09. The number of imidazole rings is 1. The number of hydrogen-bond acceptors (Lipinski definition) is 2. The number of hydrogen-bond donors (Lipinski definition) is 1. The largest absolute Gasteiger partial charge is 0.337 e. The molecule has 1 heterocycles. The first-order valence-electron chi connectivity index (χ1n) is 6.25. The summed E-state index contributed by atoms with van der Waals surface area (Å²) in [7, 11) is 0. The van der Waals surface area contributed by atoms with Gasteiger partial charge in [-0.1, -0.05) is 18.7 Å². The average Bonchev–Trinajstić information content (AvgIpc) is 2.76. The Labute approximate surface area is 112 Å². The van der Waals surface area contributed by atoms with Crippen LogP contribution in [0.1, 0.15) is 26.1 Å². The predicted molar refractivity (Wildman–Crippen MR) is 81.0 cm³/mol. The molecule has 3 nitrogen and oxygen atoms in total. The van der Waals surface area contributed by atoms with E-state index in [1.165, 1.54) is 5.57 Å². The van der Waals surface area contributed by atoms with Crippen LogP contribution in [0.25, 0.3) is 17.8 Å². The van der Waals surface area contributed by atoms with Crippen LogP contribution in [-0.2, 0) is 0 Å². The highest BCUT2D eigenvalue weighted by atomic mass is 15.0. The minimum Gasteiger partial charge on any atom is -0.337 e. The molecule has 0 saturated heterocycles.